The van der Waals surface area contributed by atoms with Crippen LogP contribution in [0.15, 0.2) is 73.1 Å². The molecule has 6 rings (SSSR count). The Labute approximate surface area is 227 Å². The summed E-state index contributed by atoms with van der Waals surface area (Å²) in [4.78, 5) is 27.8. The molecule has 198 valence electrons. The van der Waals surface area contributed by atoms with Crippen LogP contribution in [0.1, 0.15) is 44.3 Å². The molecule has 8 heteroatoms. The second-order valence-corrected chi connectivity index (χ2v) is 10.4. The highest BCUT2D eigenvalue weighted by Crippen LogP contribution is 2.37. The fraction of sp³-hybridized carbons (Fsp3) is 0.290. The number of nitrogens with zero attached hydrogens (tertiary/aromatic N) is 5. The van der Waals surface area contributed by atoms with Crippen molar-refractivity contribution in [3.63, 3.8) is 0 Å². The summed E-state index contributed by atoms with van der Waals surface area (Å²) in [5.74, 6) is 2.28. The minimum absolute atomic E-state index is 0.328. The van der Waals surface area contributed by atoms with E-state index in [2.05, 4.69) is 46.9 Å². The highest BCUT2D eigenvalue weighted by molar-refractivity contribution is 5.86. The number of aromatic nitrogens is 4. The first-order chi connectivity index (χ1) is 19.0. The molecule has 2 aromatic carbocycles. The first-order valence-corrected chi connectivity index (χ1v) is 13.6. The van der Waals surface area contributed by atoms with E-state index in [-0.39, 0.29) is 6.03 Å². The number of rotatable bonds is 6. The lowest BCUT2D eigenvalue weighted by Gasteiger charge is -2.31. The molecule has 5 aromatic rings. The zero-order chi connectivity index (χ0) is 26.9. The standard InChI is InChI=1S/C31H33N7O/c1-2-37(31(33)39)18-20-8-10-23(11-9-20)30-34-17-28-29(32)36-27(19-38(28)30)24-13-12-22-14-15-25(35-26(22)16-24)21-6-4-3-5-7-21/h3-7,12-17,19-20,23H,2,8-11,18H2,1H3,(H2,32,36)(H2,33,39)/t20-,23-. The van der Waals surface area contributed by atoms with Gasteiger partial charge in [-0.1, -0.05) is 48.5 Å². The molecule has 0 radical (unpaired) electrons. The average Bonchev–Trinajstić information content (AvgIpc) is 3.40. The molecule has 1 saturated carbocycles. The maximum atomic E-state index is 11.6. The van der Waals surface area contributed by atoms with Gasteiger partial charge in [0.1, 0.15) is 17.2 Å². The maximum absolute atomic E-state index is 11.6. The quantitative estimate of drug-likeness (QED) is 0.291. The number of pyridine rings is 1. The van der Waals surface area contributed by atoms with Crippen molar-refractivity contribution >= 4 is 28.3 Å². The summed E-state index contributed by atoms with van der Waals surface area (Å²) >= 11 is 0. The van der Waals surface area contributed by atoms with Crippen LogP contribution in [0.3, 0.4) is 0 Å². The number of primary amides is 1. The lowest BCUT2D eigenvalue weighted by Crippen LogP contribution is -2.39. The first kappa shape index (κ1) is 24.9. The lowest BCUT2D eigenvalue weighted by atomic mass is 9.81. The lowest BCUT2D eigenvalue weighted by molar-refractivity contribution is 0.187. The third kappa shape index (κ3) is 4.90. The molecule has 0 atom stereocenters. The molecule has 0 bridgehead atoms. The van der Waals surface area contributed by atoms with Gasteiger partial charge in [-0.3, -0.25) is 4.40 Å². The Balaban J connectivity index is 1.29. The number of anilines is 1. The summed E-state index contributed by atoms with van der Waals surface area (Å²) in [6, 6.07) is 20.2. The molecular weight excluding hydrogens is 486 g/mol. The number of urea groups is 1. The summed E-state index contributed by atoms with van der Waals surface area (Å²) < 4.78 is 2.11. The van der Waals surface area contributed by atoms with E-state index in [1.54, 1.807) is 4.90 Å². The Morgan fingerprint density at radius 2 is 1.74 bits per heavy atom. The van der Waals surface area contributed by atoms with Crippen molar-refractivity contribution in [2.75, 3.05) is 18.8 Å². The normalized spacial score (nSPS) is 17.5. The van der Waals surface area contributed by atoms with Crippen LogP contribution in [0.25, 0.3) is 38.9 Å². The van der Waals surface area contributed by atoms with Crippen LogP contribution >= 0.6 is 0 Å². The molecule has 1 aliphatic rings. The number of hydrogen-bond acceptors (Lipinski definition) is 5. The van der Waals surface area contributed by atoms with E-state index in [0.717, 1.165) is 77.0 Å². The van der Waals surface area contributed by atoms with Crippen LogP contribution in [-0.4, -0.2) is 43.4 Å². The molecule has 1 aliphatic carbocycles. The second-order valence-electron chi connectivity index (χ2n) is 10.4. The van der Waals surface area contributed by atoms with Gasteiger partial charge >= 0.3 is 6.03 Å². The predicted molar refractivity (Wildman–Crippen MR) is 155 cm³/mol. The molecule has 3 heterocycles. The Kier molecular flexibility index (Phi) is 6.60. The monoisotopic (exact) mass is 519 g/mol. The third-order valence-corrected chi connectivity index (χ3v) is 8.02. The minimum Gasteiger partial charge on any atom is -0.382 e. The number of fused-ring (bicyclic) bond motifs is 2. The topological polar surface area (TPSA) is 115 Å². The molecular formula is C31H33N7O. The van der Waals surface area contributed by atoms with E-state index in [1.165, 1.54) is 0 Å². The van der Waals surface area contributed by atoms with Gasteiger partial charge in [-0.05, 0) is 50.7 Å². The number of nitrogen functional groups attached to an aromatic ring is 1. The first-order valence-electron chi connectivity index (χ1n) is 13.6. The van der Waals surface area contributed by atoms with E-state index < -0.39 is 0 Å². The van der Waals surface area contributed by atoms with Gasteiger partial charge in [-0.15, -0.1) is 0 Å². The highest BCUT2D eigenvalue weighted by atomic mass is 16.2. The van der Waals surface area contributed by atoms with Crippen molar-refractivity contribution in [3.05, 3.63) is 78.9 Å². The van der Waals surface area contributed by atoms with Crippen LogP contribution in [0.4, 0.5) is 10.6 Å². The molecule has 0 unspecified atom stereocenters. The Bertz CT molecular complexity index is 1640. The molecule has 0 spiro atoms. The van der Waals surface area contributed by atoms with Gasteiger partial charge in [0.2, 0.25) is 0 Å². The van der Waals surface area contributed by atoms with Crippen molar-refractivity contribution in [1.29, 1.82) is 0 Å². The number of amides is 2. The highest BCUT2D eigenvalue weighted by Gasteiger charge is 2.27. The molecule has 1 fully saturated rings. The number of imidazole rings is 1. The van der Waals surface area contributed by atoms with Crippen molar-refractivity contribution < 1.29 is 4.79 Å². The van der Waals surface area contributed by atoms with Crippen LogP contribution < -0.4 is 11.5 Å². The van der Waals surface area contributed by atoms with Gasteiger partial charge in [0.15, 0.2) is 0 Å². The summed E-state index contributed by atoms with van der Waals surface area (Å²) in [5, 5.41) is 1.07. The van der Waals surface area contributed by atoms with Crippen molar-refractivity contribution in [2.45, 2.75) is 38.5 Å². The number of carbonyl (C=O) groups excluding carboxylic acids is 1. The zero-order valence-corrected chi connectivity index (χ0v) is 22.1. The molecule has 4 N–H and O–H groups in total. The van der Waals surface area contributed by atoms with Crippen LogP contribution in [0, 0.1) is 5.92 Å². The molecule has 0 aliphatic heterocycles. The van der Waals surface area contributed by atoms with Gasteiger partial charge in [0.05, 0.1) is 23.1 Å². The second kappa shape index (κ2) is 10.4. The van der Waals surface area contributed by atoms with E-state index >= 15 is 0 Å². The Morgan fingerprint density at radius 3 is 2.49 bits per heavy atom. The largest absolute Gasteiger partial charge is 0.382 e. The fourth-order valence-corrected chi connectivity index (χ4v) is 5.82. The van der Waals surface area contributed by atoms with Crippen LogP contribution in [0.5, 0.6) is 0 Å². The van der Waals surface area contributed by atoms with Crippen molar-refractivity contribution in [1.82, 2.24) is 24.3 Å². The number of benzene rings is 2. The minimum atomic E-state index is -0.338. The van der Waals surface area contributed by atoms with E-state index in [9.17, 15) is 4.79 Å². The summed E-state index contributed by atoms with van der Waals surface area (Å²) in [7, 11) is 0. The van der Waals surface area contributed by atoms with Crippen molar-refractivity contribution in [3.8, 4) is 22.5 Å². The molecule has 3 aromatic heterocycles. The molecule has 8 nitrogen and oxygen atoms in total. The smallest absolute Gasteiger partial charge is 0.314 e. The molecule has 2 amide bonds. The fourth-order valence-electron chi connectivity index (χ4n) is 5.82. The SMILES string of the molecule is CCN(C[C@H]1CC[C@H](c2ncc3c(N)nc(-c4ccc5ccc(-c6ccccc6)nc5c4)cn32)CC1)C(N)=O. The Morgan fingerprint density at radius 1 is 0.974 bits per heavy atom. The van der Waals surface area contributed by atoms with Gasteiger partial charge in [-0.2, -0.15) is 0 Å². The maximum Gasteiger partial charge on any atom is 0.314 e. The number of carbonyl (C=O) groups is 1. The average molecular weight is 520 g/mol. The number of nitrogens with two attached hydrogens (primary N) is 2. The zero-order valence-electron chi connectivity index (χ0n) is 22.1. The van der Waals surface area contributed by atoms with Gasteiger partial charge in [0.25, 0.3) is 0 Å². The third-order valence-electron chi connectivity index (χ3n) is 8.02. The van der Waals surface area contributed by atoms with Gasteiger partial charge in [0, 0.05) is 41.7 Å². The summed E-state index contributed by atoms with van der Waals surface area (Å²) in [6.07, 6.45) is 7.98. The Hall–Kier alpha value is -4.46. The van der Waals surface area contributed by atoms with Crippen molar-refractivity contribution in [2.24, 2.45) is 11.7 Å². The summed E-state index contributed by atoms with van der Waals surface area (Å²) in [6.45, 7) is 3.34. The predicted octanol–water partition coefficient (Wildman–Crippen LogP) is 5.87. The molecule has 0 saturated heterocycles. The van der Waals surface area contributed by atoms with Crippen LogP contribution in [-0.2, 0) is 0 Å². The summed E-state index contributed by atoms with van der Waals surface area (Å²) in [5.41, 5.74) is 17.5. The van der Waals surface area contributed by atoms with E-state index in [0.29, 0.717) is 24.2 Å². The van der Waals surface area contributed by atoms with Gasteiger partial charge < -0.3 is 16.4 Å². The van der Waals surface area contributed by atoms with Crippen LogP contribution in [0.2, 0.25) is 0 Å². The molecule has 39 heavy (non-hydrogen) atoms. The van der Waals surface area contributed by atoms with Gasteiger partial charge in [-0.25, -0.2) is 19.7 Å². The van der Waals surface area contributed by atoms with E-state index in [1.807, 2.05) is 37.5 Å². The number of hydrogen-bond donors (Lipinski definition) is 2. The van der Waals surface area contributed by atoms with E-state index in [4.69, 9.17) is 26.4 Å².